The monoisotopic (exact) mass is 479 g/mol. The zero-order chi connectivity index (χ0) is 24.8. The predicted molar refractivity (Wildman–Crippen MR) is 137 cm³/mol. The van der Waals surface area contributed by atoms with Gasteiger partial charge >= 0.3 is 6.09 Å². The lowest BCUT2D eigenvalue weighted by Gasteiger charge is -2.34. The Labute approximate surface area is 208 Å². The van der Waals surface area contributed by atoms with Crippen LogP contribution in [0.4, 0.5) is 10.5 Å². The lowest BCUT2D eigenvalue weighted by Crippen LogP contribution is -2.45. The number of amides is 2. The molecule has 188 valence electrons. The van der Waals surface area contributed by atoms with Crippen LogP contribution < -0.4 is 15.0 Å². The molecule has 0 aromatic heterocycles. The Morgan fingerprint density at radius 3 is 2.69 bits per heavy atom. The molecule has 7 heteroatoms. The van der Waals surface area contributed by atoms with Crippen LogP contribution in [0.3, 0.4) is 0 Å². The number of nitrogens with one attached hydrogen (secondary N) is 1. The molecule has 1 saturated heterocycles. The highest BCUT2D eigenvalue weighted by molar-refractivity contribution is 6.02. The summed E-state index contributed by atoms with van der Waals surface area (Å²) in [5.41, 5.74) is 2.54. The maximum atomic E-state index is 12.7. The van der Waals surface area contributed by atoms with Crippen molar-refractivity contribution in [3.8, 4) is 5.75 Å². The van der Waals surface area contributed by atoms with E-state index in [1.165, 1.54) is 0 Å². The van der Waals surface area contributed by atoms with E-state index in [1.807, 2.05) is 79.1 Å². The molecule has 0 bridgehead atoms. The van der Waals surface area contributed by atoms with Gasteiger partial charge in [0.2, 0.25) is 5.91 Å². The molecule has 2 amide bonds. The number of carbonyl (C=O) groups excluding carboxylic acids is 2. The summed E-state index contributed by atoms with van der Waals surface area (Å²) in [6.07, 6.45) is 2.23. The molecule has 35 heavy (non-hydrogen) atoms. The predicted octanol–water partition coefficient (Wildman–Crippen LogP) is 4.39. The molecule has 2 aliphatic heterocycles. The van der Waals surface area contributed by atoms with Crippen molar-refractivity contribution in [3.63, 3.8) is 0 Å². The first-order chi connectivity index (χ1) is 16.8. The van der Waals surface area contributed by atoms with Gasteiger partial charge in [-0.3, -0.25) is 4.79 Å². The Kier molecular flexibility index (Phi) is 7.96. The first-order valence-electron chi connectivity index (χ1n) is 12.6. The largest absolute Gasteiger partial charge is 0.492 e. The summed E-state index contributed by atoms with van der Waals surface area (Å²) in [4.78, 5) is 28.7. The molecule has 2 aliphatic rings. The number of ether oxygens (including phenoxy) is 2. The van der Waals surface area contributed by atoms with Crippen molar-refractivity contribution in [1.82, 2.24) is 10.2 Å². The highest BCUT2D eigenvalue weighted by atomic mass is 16.6. The zero-order valence-electron chi connectivity index (χ0n) is 21.1. The van der Waals surface area contributed by atoms with Gasteiger partial charge < -0.3 is 24.6 Å². The highest BCUT2D eigenvalue weighted by Gasteiger charge is 2.30. The molecule has 7 nitrogen and oxygen atoms in total. The average molecular weight is 480 g/mol. The molecular weight excluding hydrogens is 442 g/mol. The normalized spacial score (nSPS) is 17.9. The minimum absolute atomic E-state index is 0.102. The molecule has 1 atom stereocenters. The Morgan fingerprint density at radius 2 is 1.91 bits per heavy atom. The van der Waals surface area contributed by atoms with Crippen LogP contribution in [0.5, 0.6) is 5.75 Å². The van der Waals surface area contributed by atoms with Crippen molar-refractivity contribution >= 4 is 17.7 Å². The molecule has 0 aliphatic carbocycles. The van der Waals surface area contributed by atoms with Crippen LogP contribution in [0.1, 0.15) is 44.7 Å². The van der Waals surface area contributed by atoms with Crippen LogP contribution in [0.15, 0.2) is 48.5 Å². The second-order valence-electron chi connectivity index (χ2n) is 10.4. The number of piperidine rings is 1. The lowest BCUT2D eigenvalue weighted by molar-refractivity contribution is -0.117. The summed E-state index contributed by atoms with van der Waals surface area (Å²) in [6, 6.07) is 15.9. The summed E-state index contributed by atoms with van der Waals surface area (Å²) < 4.78 is 11.6. The fourth-order valence-corrected chi connectivity index (χ4v) is 4.70. The van der Waals surface area contributed by atoms with Gasteiger partial charge in [-0.25, -0.2) is 4.79 Å². The van der Waals surface area contributed by atoms with Gasteiger partial charge in [0.15, 0.2) is 0 Å². The van der Waals surface area contributed by atoms with Gasteiger partial charge in [-0.1, -0.05) is 36.4 Å². The SMILES string of the molecule is CC(C)(C)OC(=O)N1CCCC(CNCCOc2cccc3c2CC(=O)N3Cc2ccccc2)C1. The van der Waals surface area contributed by atoms with Crippen LogP contribution >= 0.6 is 0 Å². The number of benzene rings is 2. The van der Waals surface area contributed by atoms with E-state index in [0.717, 1.165) is 48.5 Å². The molecule has 1 fully saturated rings. The van der Waals surface area contributed by atoms with Crippen molar-refractivity contribution in [2.45, 2.75) is 52.2 Å². The van der Waals surface area contributed by atoms with Crippen molar-refractivity contribution < 1.29 is 19.1 Å². The fraction of sp³-hybridized carbons (Fsp3) is 0.500. The fourth-order valence-electron chi connectivity index (χ4n) is 4.70. The maximum absolute atomic E-state index is 12.7. The van der Waals surface area contributed by atoms with Crippen LogP contribution in [-0.4, -0.2) is 55.3 Å². The van der Waals surface area contributed by atoms with Crippen molar-refractivity contribution in [3.05, 3.63) is 59.7 Å². The Bertz CT molecular complexity index is 1020. The third-order valence-electron chi connectivity index (χ3n) is 6.35. The molecule has 2 aromatic carbocycles. The van der Waals surface area contributed by atoms with Crippen molar-refractivity contribution in [2.75, 3.05) is 37.7 Å². The Balaban J connectivity index is 1.23. The van der Waals surface area contributed by atoms with Gasteiger partial charge in [0.1, 0.15) is 18.0 Å². The van der Waals surface area contributed by atoms with Gasteiger partial charge in [-0.2, -0.15) is 0 Å². The summed E-state index contributed by atoms with van der Waals surface area (Å²) >= 11 is 0. The van der Waals surface area contributed by atoms with E-state index in [1.54, 1.807) is 0 Å². The number of hydrogen-bond acceptors (Lipinski definition) is 5. The van der Waals surface area contributed by atoms with E-state index in [0.29, 0.717) is 38.6 Å². The maximum Gasteiger partial charge on any atom is 0.410 e. The molecule has 2 heterocycles. The van der Waals surface area contributed by atoms with Crippen LogP contribution in [0.2, 0.25) is 0 Å². The van der Waals surface area contributed by atoms with E-state index in [-0.39, 0.29) is 12.0 Å². The molecule has 0 radical (unpaired) electrons. The van der Waals surface area contributed by atoms with Gasteiger partial charge in [0, 0.05) is 25.2 Å². The minimum Gasteiger partial charge on any atom is -0.492 e. The van der Waals surface area contributed by atoms with E-state index in [4.69, 9.17) is 9.47 Å². The molecule has 0 spiro atoms. The number of nitrogens with zero attached hydrogens (tertiary/aromatic N) is 2. The number of likely N-dealkylation sites (tertiary alicyclic amines) is 1. The molecule has 4 rings (SSSR count). The average Bonchev–Trinajstić information content (AvgIpc) is 3.14. The quantitative estimate of drug-likeness (QED) is 0.569. The zero-order valence-corrected chi connectivity index (χ0v) is 21.1. The van der Waals surface area contributed by atoms with E-state index in [2.05, 4.69) is 5.32 Å². The van der Waals surface area contributed by atoms with E-state index >= 15 is 0 Å². The van der Waals surface area contributed by atoms with Crippen molar-refractivity contribution in [2.24, 2.45) is 5.92 Å². The third-order valence-corrected chi connectivity index (χ3v) is 6.35. The van der Waals surface area contributed by atoms with Gasteiger partial charge in [-0.05, 0) is 63.8 Å². The number of rotatable bonds is 8. The lowest BCUT2D eigenvalue weighted by atomic mass is 9.98. The molecule has 2 aromatic rings. The molecule has 0 saturated carbocycles. The summed E-state index contributed by atoms with van der Waals surface area (Å²) in [5, 5.41) is 3.47. The number of hydrogen-bond donors (Lipinski definition) is 1. The number of anilines is 1. The standard InChI is InChI=1S/C28H37N3O4/c1-28(2,3)35-27(33)30-15-8-11-22(19-30)18-29-14-16-34-25-13-7-12-24-23(25)17-26(32)31(24)20-21-9-5-4-6-10-21/h4-7,9-10,12-13,22,29H,8,11,14-20H2,1-3H3. The van der Waals surface area contributed by atoms with Gasteiger partial charge in [-0.15, -0.1) is 0 Å². The molecule has 1 N–H and O–H groups in total. The topological polar surface area (TPSA) is 71.1 Å². The van der Waals surface area contributed by atoms with Crippen molar-refractivity contribution in [1.29, 1.82) is 0 Å². The number of fused-ring (bicyclic) bond motifs is 1. The minimum atomic E-state index is -0.472. The Hall–Kier alpha value is -3.06. The van der Waals surface area contributed by atoms with E-state index in [9.17, 15) is 9.59 Å². The Morgan fingerprint density at radius 1 is 1.11 bits per heavy atom. The second kappa shape index (κ2) is 11.1. The van der Waals surface area contributed by atoms with Crippen LogP contribution in [0.25, 0.3) is 0 Å². The second-order valence-corrected chi connectivity index (χ2v) is 10.4. The van der Waals surface area contributed by atoms with E-state index < -0.39 is 5.60 Å². The third kappa shape index (κ3) is 6.75. The molecule has 1 unspecified atom stereocenters. The van der Waals surface area contributed by atoms with Crippen LogP contribution in [-0.2, 0) is 22.5 Å². The first kappa shape index (κ1) is 25.0. The summed E-state index contributed by atoms with van der Waals surface area (Å²) in [6.45, 7) is 9.78. The van der Waals surface area contributed by atoms with Gasteiger partial charge in [0.25, 0.3) is 0 Å². The highest BCUT2D eigenvalue weighted by Crippen LogP contribution is 2.36. The van der Waals surface area contributed by atoms with Crippen LogP contribution in [0, 0.1) is 5.92 Å². The number of carbonyl (C=O) groups is 2. The molecular formula is C28H37N3O4. The summed E-state index contributed by atoms with van der Waals surface area (Å²) in [7, 11) is 0. The smallest absolute Gasteiger partial charge is 0.410 e. The summed E-state index contributed by atoms with van der Waals surface area (Å²) in [5.74, 6) is 1.29. The first-order valence-corrected chi connectivity index (χ1v) is 12.6. The van der Waals surface area contributed by atoms with Gasteiger partial charge in [0.05, 0.1) is 18.7 Å².